The van der Waals surface area contributed by atoms with Gasteiger partial charge in [0.15, 0.2) is 11.5 Å². The molecule has 7 nitrogen and oxygen atoms in total. The van der Waals surface area contributed by atoms with Gasteiger partial charge in [-0.1, -0.05) is 42.1 Å². The first-order valence-corrected chi connectivity index (χ1v) is 10.2. The second kappa shape index (κ2) is 8.87. The molecule has 4 rings (SSSR count). The predicted molar refractivity (Wildman–Crippen MR) is 118 cm³/mol. The Hall–Kier alpha value is -3.52. The van der Waals surface area contributed by atoms with E-state index in [0.717, 1.165) is 27.2 Å². The van der Waals surface area contributed by atoms with Crippen LogP contribution in [-0.2, 0) is 4.79 Å². The van der Waals surface area contributed by atoms with Crippen molar-refractivity contribution in [1.29, 1.82) is 0 Å². The third-order valence-electron chi connectivity index (χ3n) is 4.52. The maximum atomic E-state index is 12.4. The van der Waals surface area contributed by atoms with Crippen LogP contribution in [0.15, 0.2) is 66.1 Å². The fourth-order valence-corrected chi connectivity index (χ4v) is 3.87. The van der Waals surface area contributed by atoms with Gasteiger partial charge in [-0.25, -0.2) is 9.97 Å². The summed E-state index contributed by atoms with van der Waals surface area (Å²) in [7, 11) is 3.12. The van der Waals surface area contributed by atoms with E-state index in [2.05, 4.69) is 20.3 Å². The Balaban J connectivity index is 1.47. The molecule has 8 heteroatoms. The van der Waals surface area contributed by atoms with Crippen molar-refractivity contribution >= 4 is 34.4 Å². The average molecular weight is 420 g/mol. The molecule has 0 saturated carbocycles. The van der Waals surface area contributed by atoms with Crippen LogP contribution in [0.4, 0.5) is 5.69 Å². The van der Waals surface area contributed by atoms with Crippen LogP contribution in [0, 0.1) is 0 Å². The van der Waals surface area contributed by atoms with Gasteiger partial charge in [-0.15, -0.1) is 0 Å². The van der Waals surface area contributed by atoms with Gasteiger partial charge < -0.3 is 19.8 Å². The highest BCUT2D eigenvalue weighted by atomic mass is 32.2. The first kappa shape index (κ1) is 19.8. The van der Waals surface area contributed by atoms with Crippen LogP contribution < -0.4 is 14.8 Å². The first-order chi connectivity index (χ1) is 14.7. The minimum atomic E-state index is -0.145. The van der Waals surface area contributed by atoms with E-state index in [9.17, 15) is 4.79 Å². The summed E-state index contributed by atoms with van der Waals surface area (Å²) < 4.78 is 10.5. The summed E-state index contributed by atoms with van der Waals surface area (Å²) in [6, 6.07) is 15.3. The number of aromatic nitrogens is 3. The molecule has 0 unspecified atom stereocenters. The molecule has 0 aliphatic heterocycles. The zero-order valence-electron chi connectivity index (χ0n) is 16.5. The van der Waals surface area contributed by atoms with E-state index in [1.807, 2.05) is 36.5 Å². The molecule has 1 amide bonds. The Kier molecular flexibility index (Phi) is 5.85. The summed E-state index contributed by atoms with van der Waals surface area (Å²) in [5.74, 6) is 1.23. The number of nitrogens with zero attached hydrogens (tertiary/aromatic N) is 2. The van der Waals surface area contributed by atoms with Crippen LogP contribution in [0.5, 0.6) is 11.5 Å². The summed E-state index contributed by atoms with van der Waals surface area (Å²) in [5, 5.41) is 3.59. The number of amides is 1. The van der Waals surface area contributed by atoms with Crippen LogP contribution in [-0.4, -0.2) is 40.8 Å². The number of benzene rings is 2. The molecule has 2 aromatic carbocycles. The molecule has 30 heavy (non-hydrogen) atoms. The number of aromatic amines is 1. The fourth-order valence-electron chi connectivity index (χ4n) is 3.11. The van der Waals surface area contributed by atoms with Gasteiger partial charge in [0, 0.05) is 23.5 Å². The first-order valence-electron chi connectivity index (χ1n) is 9.21. The van der Waals surface area contributed by atoms with E-state index in [1.165, 1.54) is 18.1 Å². The number of methoxy groups -OCH3 is 2. The molecule has 0 aliphatic carbocycles. The van der Waals surface area contributed by atoms with E-state index in [4.69, 9.17) is 9.47 Å². The summed E-state index contributed by atoms with van der Waals surface area (Å²) in [6.07, 6.45) is 3.44. The predicted octanol–water partition coefficient (Wildman–Crippen LogP) is 4.37. The highest BCUT2D eigenvalue weighted by Gasteiger charge is 2.14. The number of anilines is 1. The lowest BCUT2D eigenvalue weighted by Gasteiger charge is -2.10. The molecule has 2 heterocycles. The molecule has 4 aromatic rings. The van der Waals surface area contributed by atoms with Crippen molar-refractivity contribution in [2.45, 2.75) is 5.03 Å². The average Bonchev–Trinajstić information content (AvgIpc) is 3.23. The van der Waals surface area contributed by atoms with Crippen molar-refractivity contribution in [2.24, 2.45) is 0 Å². The van der Waals surface area contributed by atoms with Crippen molar-refractivity contribution in [1.82, 2.24) is 15.0 Å². The van der Waals surface area contributed by atoms with Crippen molar-refractivity contribution in [3.05, 3.63) is 61.1 Å². The van der Waals surface area contributed by atoms with Crippen LogP contribution in [0.25, 0.3) is 22.2 Å². The maximum absolute atomic E-state index is 12.4. The molecule has 0 radical (unpaired) electrons. The molecular formula is C22H20N4O3S. The number of thioether (sulfide) groups is 1. The Morgan fingerprint density at radius 3 is 2.63 bits per heavy atom. The normalized spacial score (nSPS) is 10.7. The highest BCUT2D eigenvalue weighted by molar-refractivity contribution is 8.00. The van der Waals surface area contributed by atoms with Gasteiger partial charge in [0.1, 0.15) is 16.9 Å². The second-order valence-electron chi connectivity index (χ2n) is 6.38. The lowest BCUT2D eigenvalue weighted by molar-refractivity contribution is -0.113. The van der Waals surface area contributed by atoms with Crippen molar-refractivity contribution < 1.29 is 14.3 Å². The van der Waals surface area contributed by atoms with E-state index < -0.39 is 0 Å². The van der Waals surface area contributed by atoms with Gasteiger partial charge in [-0.05, 0) is 17.7 Å². The van der Waals surface area contributed by atoms with Crippen LogP contribution in [0.2, 0.25) is 0 Å². The Bertz CT molecular complexity index is 1180. The molecule has 0 bridgehead atoms. The van der Waals surface area contributed by atoms with Crippen molar-refractivity contribution in [2.75, 3.05) is 25.3 Å². The second-order valence-corrected chi connectivity index (χ2v) is 7.34. The number of carbonyl (C=O) groups excluding carboxylic acids is 1. The number of fused-ring (bicyclic) bond motifs is 1. The third-order valence-corrected chi connectivity index (χ3v) is 5.51. The molecule has 152 valence electrons. The standard InChI is InChI=1S/C22H20N4O3S/c1-28-17-9-8-15(10-18(17)29-2)26-19(27)12-30-22-21-20(24-13-25-22)16(11-23-21)14-6-4-3-5-7-14/h3-11,13,23H,12H2,1-2H3,(H,26,27). The lowest BCUT2D eigenvalue weighted by atomic mass is 10.1. The number of ether oxygens (including phenoxy) is 2. The number of H-pyrrole nitrogens is 1. The number of hydrogen-bond donors (Lipinski definition) is 2. The zero-order valence-corrected chi connectivity index (χ0v) is 17.3. The monoisotopic (exact) mass is 420 g/mol. The molecule has 2 aromatic heterocycles. The SMILES string of the molecule is COc1ccc(NC(=O)CSc2ncnc3c(-c4ccccc4)c[nH]c23)cc1OC. The quantitative estimate of drug-likeness (QED) is 0.341. The van der Waals surface area contributed by atoms with Gasteiger partial charge in [0.25, 0.3) is 0 Å². The number of carbonyl (C=O) groups is 1. The van der Waals surface area contributed by atoms with Gasteiger partial charge in [-0.2, -0.15) is 0 Å². The summed E-state index contributed by atoms with van der Waals surface area (Å²) in [5.41, 5.74) is 4.37. The summed E-state index contributed by atoms with van der Waals surface area (Å²) in [4.78, 5) is 24.5. The summed E-state index contributed by atoms with van der Waals surface area (Å²) >= 11 is 1.35. The molecule has 2 N–H and O–H groups in total. The number of nitrogens with one attached hydrogen (secondary N) is 2. The van der Waals surface area contributed by atoms with Gasteiger partial charge >= 0.3 is 0 Å². The van der Waals surface area contributed by atoms with Crippen molar-refractivity contribution in [3.8, 4) is 22.6 Å². The minimum Gasteiger partial charge on any atom is -0.493 e. The van der Waals surface area contributed by atoms with E-state index in [1.54, 1.807) is 32.4 Å². The third kappa shape index (κ3) is 4.08. The molecule has 0 spiro atoms. The van der Waals surface area contributed by atoms with Gasteiger partial charge in [-0.3, -0.25) is 4.79 Å². The number of hydrogen-bond acceptors (Lipinski definition) is 6. The van der Waals surface area contributed by atoms with Gasteiger partial charge in [0.2, 0.25) is 5.91 Å². The topological polar surface area (TPSA) is 89.1 Å². The van der Waals surface area contributed by atoms with E-state index in [-0.39, 0.29) is 11.7 Å². The van der Waals surface area contributed by atoms with Gasteiger partial charge in [0.05, 0.1) is 25.5 Å². The van der Waals surface area contributed by atoms with Crippen LogP contribution in [0.1, 0.15) is 0 Å². The minimum absolute atomic E-state index is 0.145. The maximum Gasteiger partial charge on any atom is 0.234 e. The largest absolute Gasteiger partial charge is 0.493 e. The van der Waals surface area contributed by atoms with Crippen LogP contribution in [0.3, 0.4) is 0 Å². The molecule has 0 atom stereocenters. The van der Waals surface area contributed by atoms with E-state index >= 15 is 0 Å². The van der Waals surface area contributed by atoms with Crippen LogP contribution >= 0.6 is 11.8 Å². The molecule has 0 fully saturated rings. The summed E-state index contributed by atoms with van der Waals surface area (Å²) in [6.45, 7) is 0. The Morgan fingerprint density at radius 2 is 1.87 bits per heavy atom. The molecule has 0 saturated heterocycles. The van der Waals surface area contributed by atoms with E-state index in [0.29, 0.717) is 17.2 Å². The van der Waals surface area contributed by atoms with Crippen molar-refractivity contribution in [3.63, 3.8) is 0 Å². The lowest BCUT2D eigenvalue weighted by Crippen LogP contribution is -2.14. The number of rotatable bonds is 7. The smallest absolute Gasteiger partial charge is 0.234 e. The zero-order chi connectivity index (χ0) is 20.9. The molecular weight excluding hydrogens is 400 g/mol. The Morgan fingerprint density at radius 1 is 1.07 bits per heavy atom. The molecule has 0 aliphatic rings. The highest BCUT2D eigenvalue weighted by Crippen LogP contribution is 2.32. The Labute approximate surface area is 177 Å². The fraction of sp³-hybridized carbons (Fsp3) is 0.136.